The number of carbonyl (C=O) groups is 1. The number of hydrogen-bond donors (Lipinski definition) is 0. The predicted molar refractivity (Wildman–Crippen MR) is 112 cm³/mol. The Morgan fingerprint density at radius 3 is 2.66 bits per heavy atom. The first-order valence-corrected chi connectivity index (χ1v) is 10.3. The lowest BCUT2D eigenvalue weighted by molar-refractivity contribution is 0.0684. The average molecular weight is 473 g/mol. The Hall–Kier alpha value is -2.64. The molecule has 6 nitrogen and oxygen atoms in total. The Balaban J connectivity index is 1.40. The second-order valence-corrected chi connectivity index (χ2v) is 8.23. The van der Waals surface area contributed by atoms with Gasteiger partial charge in [-0.05, 0) is 65.2 Å². The Morgan fingerprint density at radius 1 is 1.14 bits per heavy atom. The zero-order valence-electron chi connectivity index (χ0n) is 15.1. The van der Waals surface area contributed by atoms with Gasteiger partial charge in [-0.25, -0.2) is 0 Å². The molecule has 0 spiro atoms. The number of fused-ring (bicyclic) bond motifs is 1. The van der Waals surface area contributed by atoms with Gasteiger partial charge in [0, 0.05) is 22.0 Å². The Morgan fingerprint density at radius 2 is 1.93 bits per heavy atom. The number of nitrogens with zero attached hydrogens (tertiary/aromatic N) is 3. The van der Waals surface area contributed by atoms with Gasteiger partial charge in [-0.15, -0.1) is 10.2 Å². The number of furan rings is 1. The van der Waals surface area contributed by atoms with E-state index in [0.29, 0.717) is 28.1 Å². The summed E-state index contributed by atoms with van der Waals surface area (Å²) < 4.78 is 12.4. The van der Waals surface area contributed by atoms with E-state index in [1.54, 1.807) is 23.1 Å². The molecule has 1 amide bonds. The van der Waals surface area contributed by atoms with Crippen molar-refractivity contribution in [3.8, 4) is 11.5 Å². The van der Waals surface area contributed by atoms with Crippen molar-refractivity contribution >= 4 is 44.4 Å². The normalized spacial score (nSPS) is 13.7. The van der Waals surface area contributed by atoms with Crippen LogP contribution in [0.5, 0.6) is 0 Å². The lowest BCUT2D eigenvalue weighted by Gasteiger charge is -2.19. The van der Waals surface area contributed by atoms with Crippen LogP contribution in [0.4, 0.5) is 0 Å². The summed E-state index contributed by atoms with van der Waals surface area (Å²) in [5.41, 5.74) is 1.44. The summed E-state index contributed by atoms with van der Waals surface area (Å²) in [6, 6.07) is 14.8. The lowest BCUT2D eigenvalue weighted by atomic mass is 10.2. The molecule has 0 saturated heterocycles. The van der Waals surface area contributed by atoms with Crippen LogP contribution in [0.25, 0.3) is 22.4 Å². The molecule has 0 aliphatic heterocycles. The standard InChI is InChI=1S/C21H15BrClN3O3/c22-16-3-1-2-13-10-17(28-19(13)16)21(27)26(15-8-9-15)11-18-24-25-20(29-18)12-4-6-14(23)7-5-12/h1-7,10,15H,8-9,11H2. The number of rotatable bonds is 5. The number of amides is 1. The van der Waals surface area contributed by atoms with Gasteiger partial charge in [0.1, 0.15) is 5.58 Å². The SMILES string of the molecule is O=C(c1cc2cccc(Br)c2o1)N(Cc1nnc(-c2ccc(Cl)cc2)o1)C1CC1. The van der Waals surface area contributed by atoms with Gasteiger partial charge in [0.05, 0.1) is 11.0 Å². The minimum atomic E-state index is -0.179. The quantitative estimate of drug-likeness (QED) is 0.372. The van der Waals surface area contributed by atoms with Crippen molar-refractivity contribution in [2.75, 3.05) is 0 Å². The smallest absolute Gasteiger partial charge is 0.290 e. The molecule has 4 aromatic rings. The minimum absolute atomic E-state index is 0.157. The molecule has 1 fully saturated rings. The monoisotopic (exact) mass is 471 g/mol. The van der Waals surface area contributed by atoms with Crippen LogP contribution in [0.15, 0.2) is 61.8 Å². The van der Waals surface area contributed by atoms with Gasteiger partial charge in [0.2, 0.25) is 11.8 Å². The summed E-state index contributed by atoms with van der Waals surface area (Å²) in [5, 5.41) is 9.73. The number of benzene rings is 2. The van der Waals surface area contributed by atoms with E-state index in [9.17, 15) is 4.79 Å². The molecule has 2 aromatic carbocycles. The molecule has 2 heterocycles. The van der Waals surface area contributed by atoms with Crippen LogP contribution in [0, 0.1) is 0 Å². The molecule has 0 bridgehead atoms. The van der Waals surface area contributed by atoms with Crippen molar-refractivity contribution in [1.82, 2.24) is 15.1 Å². The first-order valence-electron chi connectivity index (χ1n) is 9.16. The number of aromatic nitrogens is 2. The fourth-order valence-corrected chi connectivity index (χ4v) is 3.79. The van der Waals surface area contributed by atoms with Crippen LogP contribution in [0.2, 0.25) is 5.02 Å². The van der Waals surface area contributed by atoms with Gasteiger partial charge in [0.15, 0.2) is 5.76 Å². The molecule has 0 atom stereocenters. The van der Waals surface area contributed by atoms with Gasteiger partial charge in [0.25, 0.3) is 5.91 Å². The van der Waals surface area contributed by atoms with Crippen molar-refractivity contribution in [2.45, 2.75) is 25.4 Å². The van der Waals surface area contributed by atoms with E-state index in [0.717, 1.165) is 28.3 Å². The van der Waals surface area contributed by atoms with E-state index in [-0.39, 0.29) is 18.5 Å². The highest BCUT2D eigenvalue weighted by Crippen LogP contribution is 2.33. The van der Waals surface area contributed by atoms with Gasteiger partial charge in [-0.3, -0.25) is 4.79 Å². The maximum absolute atomic E-state index is 13.1. The average Bonchev–Trinajstić information content (AvgIpc) is 3.28. The van der Waals surface area contributed by atoms with Gasteiger partial charge in [-0.2, -0.15) is 0 Å². The molecule has 5 rings (SSSR count). The first-order chi connectivity index (χ1) is 14.1. The van der Waals surface area contributed by atoms with E-state index in [1.165, 1.54) is 0 Å². The van der Waals surface area contributed by atoms with Crippen molar-refractivity contribution in [3.05, 3.63) is 69.7 Å². The molecule has 1 aliphatic rings. The van der Waals surface area contributed by atoms with E-state index >= 15 is 0 Å². The highest BCUT2D eigenvalue weighted by atomic mass is 79.9. The van der Waals surface area contributed by atoms with Crippen molar-refractivity contribution in [2.24, 2.45) is 0 Å². The molecule has 146 valence electrons. The molecular formula is C21H15BrClN3O3. The fraction of sp³-hybridized carbons (Fsp3) is 0.190. The molecule has 29 heavy (non-hydrogen) atoms. The number of carbonyl (C=O) groups excluding carboxylic acids is 1. The Bertz CT molecular complexity index is 1200. The fourth-order valence-electron chi connectivity index (χ4n) is 3.20. The van der Waals surface area contributed by atoms with Crippen LogP contribution in [-0.2, 0) is 6.54 Å². The summed E-state index contributed by atoms with van der Waals surface area (Å²) in [6.45, 7) is 0.238. The first kappa shape index (κ1) is 18.4. The summed E-state index contributed by atoms with van der Waals surface area (Å²) in [7, 11) is 0. The minimum Gasteiger partial charge on any atom is -0.450 e. The summed E-state index contributed by atoms with van der Waals surface area (Å²) in [5.74, 6) is 0.901. The topological polar surface area (TPSA) is 72.4 Å². The van der Waals surface area contributed by atoms with Gasteiger partial charge >= 0.3 is 0 Å². The van der Waals surface area contributed by atoms with Crippen LogP contribution in [-0.4, -0.2) is 27.0 Å². The molecule has 1 aliphatic carbocycles. The lowest BCUT2D eigenvalue weighted by Crippen LogP contribution is -2.32. The highest BCUT2D eigenvalue weighted by Gasteiger charge is 2.35. The van der Waals surface area contributed by atoms with Gasteiger partial charge < -0.3 is 13.7 Å². The van der Waals surface area contributed by atoms with Gasteiger partial charge in [-0.1, -0.05) is 23.7 Å². The van der Waals surface area contributed by atoms with E-state index < -0.39 is 0 Å². The molecule has 2 aromatic heterocycles. The number of para-hydroxylation sites is 1. The van der Waals surface area contributed by atoms with Crippen LogP contribution < -0.4 is 0 Å². The second-order valence-electron chi connectivity index (χ2n) is 6.94. The summed E-state index contributed by atoms with van der Waals surface area (Å²) >= 11 is 9.39. The zero-order valence-corrected chi connectivity index (χ0v) is 17.5. The third-order valence-electron chi connectivity index (χ3n) is 4.82. The summed E-state index contributed by atoms with van der Waals surface area (Å²) in [6.07, 6.45) is 1.90. The number of hydrogen-bond acceptors (Lipinski definition) is 5. The summed E-state index contributed by atoms with van der Waals surface area (Å²) in [4.78, 5) is 14.9. The van der Waals surface area contributed by atoms with Crippen LogP contribution in [0.1, 0.15) is 29.3 Å². The molecule has 0 N–H and O–H groups in total. The maximum atomic E-state index is 13.1. The largest absolute Gasteiger partial charge is 0.450 e. The second kappa shape index (κ2) is 7.31. The zero-order chi connectivity index (χ0) is 20.0. The molecule has 1 saturated carbocycles. The Kier molecular flexibility index (Phi) is 4.64. The third-order valence-corrected chi connectivity index (χ3v) is 5.70. The molecular weight excluding hydrogens is 458 g/mol. The molecule has 8 heteroatoms. The molecule has 0 radical (unpaired) electrons. The van der Waals surface area contributed by atoms with Crippen LogP contribution in [0.3, 0.4) is 0 Å². The van der Waals surface area contributed by atoms with E-state index in [4.69, 9.17) is 20.4 Å². The third kappa shape index (κ3) is 3.68. The predicted octanol–water partition coefficient (Wildman–Crippen LogP) is 5.70. The van der Waals surface area contributed by atoms with E-state index in [2.05, 4.69) is 26.1 Å². The number of halogens is 2. The van der Waals surface area contributed by atoms with E-state index in [1.807, 2.05) is 30.3 Å². The Labute approximate surface area is 179 Å². The van der Waals surface area contributed by atoms with Crippen molar-refractivity contribution < 1.29 is 13.6 Å². The van der Waals surface area contributed by atoms with Crippen LogP contribution >= 0.6 is 27.5 Å². The molecule has 0 unspecified atom stereocenters. The highest BCUT2D eigenvalue weighted by molar-refractivity contribution is 9.10. The maximum Gasteiger partial charge on any atom is 0.290 e. The van der Waals surface area contributed by atoms with Crippen molar-refractivity contribution in [1.29, 1.82) is 0 Å². The van der Waals surface area contributed by atoms with Crippen molar-refractivity contribution in [3.63, 3.8) is 0 Å².